The van der Waals surface area contributed by atoms with E-state index in [2.05, 4.69) is 48.4 Å². The Kier molecular flexibility index (Phi) is 5.23. The molecule has 0 unspecified atom stereocenters. The fraction of sp³-hybridized carbons (Fsp3) is 0.115. The lowest BCUT2D eigenvalue weighted by atomic mass is 10.1. The first-order valence-corrected chi connectivity index (χ1v) is 11.3. The Labute approximate surface area is 199 Å². The molecule has 0 aliphatic heterocycles. The SMILES string of the molecule is CCNCc1cncc(-c2cc3c(-c4nc5c(-c6ccccc6F)nccc5[nH]4)n[nH]c3cn2)c1. The molecule has 35 heavy (non-hydrogen) atoms. The number of nitrogens with zero attached hydrogens (tertiary/aromatic N) is 5. The highest BCUT2D eigenvalue weighted by Gasteiger charge is 2.18. The number of fused-ring (bicyclic) bond motifs is 2. The largest absolute Gasteiger partial charge is 0.336 e. The van der Waals surface area contributed by atoms with Crippen LogP contribution in [0.5, 0.6) is 0 Å². The molecule has 6 aromatic rings. The third kappa shape index (κ3) is 3.81. The molecule has 9 heteroatoms. The zero-order valence-corrected chi connectivity index (χ0v) is 18.9. The Morgan fingerprint density at radius 2 is 1.89 bits per heavy atom. The number of rotatable bonds is 6. The minimum absolute atomic E-state index is 0.344. The number of nitrogens with one attached hydrogen (secondary N) is 3. The highest BCUT2D eigenvalue weighted by molar-refractivity contribution is 5.96. The van der Waals surface area contributed by atoms with Gasteiger partial charge in [0.2, 0.25) is 0 Å². The van der Waals surface area contributed by atoms with Crippen LogP contribution in [-0.2, 0) is 6.54 Å². The summed E-state index contributed by atoms with van der Waals surface area (Å²) in [5.41, 5.74) is 6.44. The van der Waals surface area contributed by atoms with Crippen LogP contribution >= 0.6 is 0 Å². The monoisotopic (exact) mass is 464 g/mol. The number of imidazole rings is 1. The van der Waals surface area contributed by atoms with Crippen molar-refractivity contribution in [1.82, 2.24) is 40.4 Å². The first kappa shape index (κ1) is 21.1. The van der Waals surface area contributed by atoms with Gasteiger partial charge in [0.25, 0.3) is 0 Å². The predicted molar refractivity (Wildman–Crippen MR) is 133 cm³/mol. The van der Waals surface area contributed by atoms with Crippen LogP contribution in [0.3, 0.4) is 0 Å². The summed E-state index contributed by atoms with van der Waals surface area (Å²) >= 11 is 0. The van der Waals surface area contributed by atoms with Crippen molar-refractivity contribution in [2.24, 2.45) is 0 Å². The molecule has 6 rings (SSSR count). The van der Waals surface area contributed by atoms with Gasteiger partial charge in [0.1, 0.15) is 22.7 Å². The number of H-pyrrole nitrogens is 2. The van der Waals surface area contributed by atoms with Gasteiger partial charge in [0.05, 0.1) is 22.9 Å². The fourth-order valence-corrected chi connectivity index (χ4v) is 4.15. The molecule has 8 nitrogen and oxygen atoms in total. The van der Waals surface area contributed by atoms with Gasteiger partial charge < -0.3 is 10.3 Å². The Bertz CT molecular complexity index is 1670. The summed E-state index contributed by atoms with van der Waals surface area (Å²) < 4.78 is 14.5. The van der Waals surface area contributed by atoms with Crippen molar-refractivity contribution in [3.05, 3.63) is 78.6 Å². The zero-order valence-electron chi connectivity index (χ0n) is 18.9. The molecular formula is C26H21FN8. The van der Waals surface area contributed by atoms with Crippen LogP contribution in [0, 0.1) is 5.82 Å². The van der Waals surface area contributed by atoms with E-state index >= 15 is 0 Å². The maximum atomic E-state index is 14.5. The lowest BCUT2D eigenvalue weighted by Gasteiger charge is -2.05. The molecule has 5 heterocycles. The third-order valence-corrected chi connectivity index (χ3v) is 5.87. The summed E-state index contributed by atoms with van der Waals surface area (Å²) in [7, 11) is 0. The molecule has 0 spiro atoms. The number of halogens is 1. The van der Waals surface area contributed by atoms with E-state index in [0.29, 0.717) is 28.3 Å². The van der Waals surface area contributed by atoms with Crippen LogP contribution in [0.25, 0.3) is 56.0 Å². The molecule has 0 aliphatic carbocycles. The van der Waals surface area contributed by atoms with Crippen LogP contribution in [0.1, 0.15) is 12.5 Å². The van der Waals surface area contributed by atoms with Gasteiger partial charge in [-0.3, -0.25) is 20.1 Å². The van der Waals surface area contributed by atoms with E-state index in [4.69, 9.17) is 4.98 Å². The van der Waals surface area contributed by atoms with Crippen LogP contribution in [0.2, 0.25) is 0 Å². The highest BCUT2D eigenvalue weighted by atomic mass is 19.1. The van der Waals surface area contributed by atoms with E-state index in [1.54, 1.807) is 36.8 Å². The van der Waals surface area contributed by atoms with E-state index in [1.807, 2.05) is 18.3 Å². The molecule has 0 fully saturated rings. The minimum Gasteiger partial charge on any atom is -0.336 e. The second-order valence-electron chi connectivity index (χ2n) is 8.17. The van der Waals surface area contributed by atoms with Crippen molar-refractivity contribution >= 4 is 21.9 Å². The summed E-state index contributed by atoms with van der Waals surface area (Å²) in [6.07, 6.45) is 7.05. The molecule has 0 amide bonds. The minimum atomic E-state index is -0.344. The summed E-state index contributed by atoms with van der Waals surface area (Å²) in [5, 5.41) is 11.7. The number of pyridine rings is 3. The normalized spacial score (nSPS) is 11.5. The number of hydrogen-bond acceptors (Lipinski definition) is 6. The Balaban J connectivity index is 1.45. The van der Waals surface area contributed by atoms with Crippen molar-refractivity contribution in [3.8, 4) is 34.0 Å². The van der Waals surface area contributed by atoms with E-state index in [-0.39, 0.29) is 5.82 Å². The molecule has 1 aromatic carbocycles. The standard InChI is InChI=1S/C26H21FN8/c1-2-28-11-15-9-16(13-29-12-15)21-10-18-22(14-31-21)34-35-24(18)26-32-20-7-8-30-23(25(20)33-26)17-5-3-4-6-19(17)27/h3-10,12-14,28H,2,11H2,1H3,(H,32,33)(H,34,35). The zero-order chi connectivity index (χ0) is 23.8. The van der Waals surface area contributed by atoms with E-state index < -0.39 is 0 Å². The van der Waals surface area contributed by atoms with Crippen LogP contribution < -0.4 is 5.32 Å². The van der Waals surface area contributed by atoms with Crippen molar-refractivity contribution < 1.29 is 4.39 Å². The molecular weight excluding hydrogens is 443 g/mol. The van der Waals surface area contributed by atoms with Gasteiger partial charge in [-0.15, -0.1) is 0 Å². The average Bonchev–Trinajstić information content (AvgIpc) is 3.51. The summed E-state index contributed by atoms with van der Waals surface area (Å²) in [5.74, 6) is 0.218. The smallest absolute Gasteiger partial charge is 0.159 e. The molecule has 172 valence electrons. The Hall–Kier alpha value is -4.50. The van der Waals surface area contributed by atoms with Crippen molar-refractivity contribution in [2.45, 2.75) is 13.5 Å². The fourth-order valence-electron chi connectivity index (χ4n) is 4.15. The van der Waals surface area contributed by atoms with E-state index in [1.165, 1.54) is 6.07 Å². The molecule has 0 bridgehead atoms. The van der Waals surface area contributed by atoms with Gasteiger partial charge in [0.15, 0.2) is 5.82 Å². The van der Waals surface area contributed by atoms with E-state index in [9.17, 15) is 4.39 Å². The second-order valence-corrected chi connectivity index (χ2v) is 8.17. The molecule has 0 saturated carbocycles. The van der Waals surface area contributed by atoms with Crippen molar-refractivity contribution in [3.63, 3.8) is 0 Å². The van der Waals surface area contributed by atoms with Gasteiger partial charge in [-0.1, -0.05) is 19.1 Å². The maximum Gasteiger partial charge on any atom is 0.159 e. The van der Waals surface area contributed by atoms with Gasteiger partial charge in [-0.2, -0.15) is 5.10 Å². The lowest BCUT2D eigenvalue weighted by molar-refractivity contribution is 0.631. The highest BCUT2D eigenvalue weighted by Crippen LogP contribution is 2.32. The van der Waals surface area contributed by atoms with Gasteiger partial charge in [-0.25, -0.2) is 9.37 Å². The molecule has 0 aliphatic rings. The quantitative estimate of drug-likeness (QED) is 0.324. The first-order valence-electron chi connectivity index (χ1n) is 11.3. The topological polar surface area (TPSA) is 108 Å². The molecule has 0 radical (unpaired) electrons. The van der Waals surface area contributed by atoms with Crippen LogP contribution in [-0.4, -0.2) is 41.7 Å². The van der Waals surface area contributed by atoms with Gasteiger partial charge >= 0.3 is 0 Å². The van der Waals surface area contributed by atoms with Gasteiger partial charge in [-0.05, 0) is 42.4 Å². The third-order valence-electron chi connectivity index (χ3n) is 5.87. The van der Waals surface area contributed by atoms with Crippen molar-refractivity contribution in [2.75, 3.05) is 6.54 Å². The number of aromatic nitrogens is 7. The number of benzene rings is 1. The molecule has 0 atom stereocenters. The Morgan fingerprint density at radius 1 is 0.971 bits per heavy atom. The van der Waals surface area contributed by atoms with Crippen LogP contribution in [0.15, 0.2) is 67.3 Å². The number of aromatic amines is 2. The number of hydrogen-bond donors (Lipinski definition) is 3. The molecule has 5 aromatic heterocycles. The summed E-state index contributed by atoms with van der Waals surface area (Å²) in [6.45, 7) is 3.70. The lowest BCUT2D eigenvalue weighted by Crippen LogP contribution is -2.11. The van der Waals surface area contributed by atoms with Crippen LogP contribution in [0.4, 0.5) is 4.39 Å². The second kappa shape index (κ2) is 8.69. The summed E-state index contributed by atoms with van der Waals surface area (Å²) in [4.78, 5) is 21.5. The predicted octanol–water partition coefficient (Wildman–Crippen LogP) is 4.87. The summed E-state index contributed by atoms with van der Waals surface area (Å²) in [6, 6.07) is 12.4. The first-order chi connectivity index (χ1) is 17.2. The van der Waals surface area contributed by atoms with E-state index in [0.717, 1.165) is 46.3 Å². The maximum absolute atomic E-state index is 14.5. The van der Waals surface area contributed by atoms with Crippen molar-refractivity contribution in [1.29, 1.82) is 0 Å². The average molecular weight is 465 g/mol. The molecule has 0 saturated heterocycles. The van der Waals surface area contributed by atoms with Gasteiger partial charge in [0, 0.05) is 41.6 Å². The molecule has 3 N–H and O–H groups in total. The Morgan fingerprint density at radius 3 is 2.77 bits per heavy atom.